The Labute approximate surface area is 146 Å². The highest BCUT2D eigenvalue weighted by Crippen LogP contribution is 2.52. The molecule has 3 aliphatic rings. The van der Waals surface area contributed by atoms with E-state index in [0.29, 0.717) is 5.78 Å². The smallest absolute Gasteiger partial charge is 0.167 e. The lowest BCUT2D eigenvalue weighted by Gasteiger charge is -2.39. The number of rotatable bonds is 1. The van der Waals surface area contributed by atoms with Gasteiger partial charge < -0.3 is 5.32 Å². The molecule has 0 spiro atoms. The average Bonchev–Trinajstić information content (AvgIpc) is 2.98. The Morgan fingerprint density at radius 2 is 1.91 bits per heavy atom. The van der Waals surface area contributed by atoms with Crippen LogP contribution in [0.25, 0.3) is 0 Å². The molecule has 2 nitrogen and oxygen atoms in total. The first-order valence-electron chi connectivity index (χ1n) is 8.13. The van der Waals surface area contributed by atoms with Crippen molar-refractivity contribution >= 4 is 29.1 Å². The molecule has 4 heteroatoms. The summed E-state index contributed by atoms with van der Waals surface area (Å²) in [5.41, 5.74) is 4.36. The van der Waals surface area contributed by atoms with Crippen LogP contribution in [0.15, 0.2) is 46.1 Å². The third-order valence-corrected chi connectivity index (χ3v) is 6.60. The van der Waals surface area contributed by atoms with Gasteiger partial charge in [0.15, 0.2) is 5.78 Å². The summed E-state index contributed by atoms with van der Waals surface area (Å²) in [5.74, 6) is 1.48. The van der Waals surface area contributed by atoms with Gasteiger partial charge in [0.25, 0.3) is 0 Å². The number of benzene rings is 1. The summed E-state index contributed by atoms with van der Waals surface area (Å²) < 4.78 is 0. The van der Waals surface area contributed by atoms with Gasteiger partial charge in [0.2, 0.25) is 0 Å². The Kier molecular flexibility index (Phi) is 3.62. The van der Waals surface area contributed by atoms with Gasteiger partial charge in [0.1, 0.15) is 0 Å². The Balaban J connectivity index is 1.87. The summed E-state index contributed by atoms with van der Waals surface area (Å²) in [6.45, 7) is 4.15. The van der Waals surface area contributed by atoms with E-state index < -0.39 is 0 Å². The standard InChI is InChI=1S/C19H20ClNOS/c1-19(2)9-7-13-16(18(19)22)15(11-3-5-12(20)6-4-11)17-14(21-13)8-10-23-17/h3-6,15,21H,7-10H2,1-2H3. The van der Waals surface area contributed by atoms with E-state index in [-0.39, 0.29) is 11.3 Å². The van der Waals surface area contributed by atoms with E-state index in [2.05, 4.69) is 31.3 Å². The Morgan fingerprint density at radius 3 is 2.65 bits per heavy atom. The number of carbonyl (C=O) groups is 1. The van der Waals surface area contributed by atoms with Gasteiger partial charge in [-0.05, 0) is 37.0 Å². The molecular formula is C19H20ClNOS. The molecule has 0 saturated heterocycles. The maximum atomic E-state index is 13.2. The van der Waals surface area contributed by atoms with Gasteiger partial charge in [-0.15, -0.1) is 11.8 Å². The second-order valence-electron chi connectivity index (χ2n) is 7.16. The maximum Gasteiger partial charge on any atom is 0.167 e. The minimum absolute atomic E-state index is 0.0816. The fourth-order valence-electron chi connectivity index (χ4n) is 3.76. The zero-order chi connectivity index (χ0) is 16.2. The van der Waals surface area contributed by atoms with Crippen LogP contribution in [-0.2, 0) is 4.79 Å². The van der Waals surface area contributed by atoms with Crippen LogP contribution >= 0.6 is 23.4 Å². The predicted octanol–water partition coefficient (Wildman–Crippen LogP) is 5.02. The lowest BCUT2D eigenvalue weighted by Crippen LogP contribution is -2.38. The normalized spacial score (nSPS) is 26.0. The minimum atomic E-state index is -0.271. The number of halogens is 1. The molecule has 0 aromatic heterocycles. The molecule has 1 N–H and O–H groups in total. The van der Waals surface area contributed by atoms with Gasteiger partial charge in [-0.2, -0.15) is 0 Å². The summed E-state index contributed by atoms with van der Waals surface area (Å²) in [6, 6.07) is 8.00. The van der Waals surface area contributed by atoms with E-state index in [1.54, 1.807) is 0 Å². The zero-order valence-corrected chi connectivity index (χ0v) is 15.0. The topological polar surface area (TPSA) is 29.1 Å². The molecule has 0 bridgehead atoms. The molecule has 1 atom stereocenters. The second kappa shape index (κ2) is 5.42. The van der Waals surface area contributed by atoms with E-state index in [9.17, 15) is 4.79 Å². The number of carbonyl (C=O) groups excluding carboxylic acids is 1. The van der Waals surface area contributed by atoms with Crippen molar-refractivity contribution < 1.29 is 4.79 Å². The van der Waals surface area contributed by atoms with Gasteiger partial charge in [-0.1, -0.05) is 37.6 Å². The van der Waals surface area contributed by atoms with E-state index in [1.807, 2.05) is 23.9 Å². The predicted molar refractivity (Wildman–Crippen MR) is 96.5 cm³/mol. The molecule has 4 rings (SSSR count). The first kappa shape index (κ1) is 15.3. The quantitative estimate of drug-likeness (QED) is 0.775. The summed E-state index contributed by atoms with van der Waals surface area (Å²) in [7, 11) is 0. The van der Waals surface area contributed by atoms with Crippen molar-refractivity contribution in [3.05, 3.63) is 56.7 Å². The number of hydrogen-bond acceptors (Lipinski definition) is 3. The van der Waals surface area contributed by atoms with Crippen LogP contribution in [0.4, 0.5) is 0 Å². The van der Waals surface area contributed by atoms with Gasteiger partial charge in [0.05, 0.1) is 0 Å². The lowest BCUT2D eigenvalue weighted by atomic mass is 9.69. The van der Waals surface area contributed by atoms with Crippen LogP contribution in [0.3, 0.4) is 0 Å². The van der Waals surface area contributed by atoms with Crippen molar-refractivity contribution in [2.24, 2.45) is 5.41 Å². The number of Topliss-reactive ketones (excluding diaryl/α,β-unsaturated/α-hetero) is 1. The number of nitrogens with one attached hydrogen (secondary N) is 1. The SMILES string of the molecule is CC1(C)CCC2=C(C1=O)C(c1ccc(Cl)cc1)C1=C(CCS1)N2. The van der Waals surface area contributed by atoms with E-state index >= 15 is 0 Å². The van der Waals surface area contributed by atoms with E-state index in [1.165, 1.54) is 16.2 Å². The van der Waals surface area contributed by atoms with Crippen molar-refractivity contribution in [2.75, 3.05) is 5.75 Å². The fourth-order valence-corrected chi connectivity index (χ4v) is 5.16. The number of dihydropyridines is 1. The number of ketones is 1. The van der Waals surface area contributed by atoms with Crippen molar-refractivity contribution in [1.82, 2.24) is 5.32 Å². The first-order chi connectivity index (χ1) is 11.0. The highest BCUT2D eigenvalue weighted by Gasteiger charge is 2.44. The fraction of sp³-hybridized carbons (Fsp3) is 0.421. The third kappa shape index (κ3) is 2.45. The Hall–Kier alpha value is -1.19. The number of thioether (sulfide) groups is 1. The molecule has 0 amide bonds. The Bertz CT molecular complexity index is 745. The van der Waals surface area contributed by atoms with Crippen LogP contribution < -0.4 is 5.32 Å². The summed E-state index contributed by atoms with van der Waals surface area (Å²) in [4.78, 5) is 14.5. The van der Waals surface area contributed by atoms with Crippen molar-refractivity contribution in [3.63, 3.8) is 0 Å². The molecule has 1 aromatic carbocycles. The lowest BCUT2D eigenvalue weighted by molar-refractivity contribution is -0.124. The molecule has 0 radical (unpaired) electrons. The molecule has 1 aliphatic carbocycles. The van der Waals surface area contributed by atoms with Crippen molar-refractivity contribution in [3.8, 4) is 0 Å². The van der Waals surface area contributed by atoms with Crippen LogP contribution in [0, 0.1) is 5.41 Å². The summed E-state index contributed by atoms with van der Waals surface area (Å²) in [5, 5.41) is 4.32. The molecule has 120 valence electrons. The van der Waals surface area contributed by atoms with Crippen molar-refractivity contribution in [2.45, 2.75) is 39.0 Å². The Morgan fingerprint density at radius 1 is 1.17 bits per heavy atom. The summed E-state index contributed by atoms with van der Waals surface area (Å²) >= 11 is 7.95. The molecule has 2 heterocycles. The highest BCUT2D eigenvalue weighted by molar-refractivity contribution is 8.03. The van der Waals surface area contributed by atoms with E-state index in [4.69, 9.17) is 11.6 Å². The molecule has 1 aromatic rings. The van der Waals surface area contributed by atoms with Gasteiger partial charge in [-0.25, -0.2) is 0 Å². The molecular weight excluding hydrogens is 326 g/mol. The third-order valence-electron chi connectivity index (χ3n) is 5.15. The maximum absolute atomic E-state index is 13.2. The monoisotopic (exact) mass is 345 g/mol. The molecule has 0 saturated carbocycles. The largest absolute Gasteiger partial charge is 0.361 e. The van der Waals surface area contributed by atoms with Gasteiger partial charge in [-0.3, -0.25) is 4.79 Å². The van der Waals surface area contributed by atoms with Crippen LogP contribution in [-0.4, -0.2) is 11.5 Å². The highest BCUT2D eigenvalue weighted by atomic mass is 35.5. The number of allylic oxidation sites excluding steroid dienone is 4. The minimum Gasteiger partial charge on any atom is -0.361 e. The first-order valence-corrected chi connectivity index (χ1v) is 9.50. The number of hydrogen-bond donors (Lipinski definition) is 1. The van der Waals surface area contributed by atoms with Gasteiger partial charge in [0, 0.05) is 44.0 Å². The molecule has 0 fully saturated rings. The molecule has 1 unspecified atom stereocenters. The molecule has 2 aliphatic heterocycles. The van der Waals surface area contributed by atoms with Crippen LogP contribution in [0.2, 0.25) is 5.02 Å². The average molecular weight is 346 g/mol. The van der Waals surface area contributed by atoms with Gasteiger partial charge >= 0.3 is 0 Å². The van der Waals surface area contributed by atoms with Crippen LogP contribution in [0.1, 0.15) is 44.6 Å². The molecule has 23 heavy (non-hydrogen) atoms. The van der Waals surface area contributed by atoms with Crippen molar-refractivity contribution in [1.29, 1.82) is 0 Å². The second-order valence-corrected chi connectivity index (χ2v) is 8.73. The zero-order valence-electron chi connectivity index (χ0n) is 13.4. The van der Waals surface area contributed by atoms with E-state index in [0.717, 1.165) is 41.3 Å². The summed E-state index contributed by atoms with van der Waals surface area (Å²) in [6.07, 6.45) is 2.94. The van der Waals surface area contributed by atoms with Crippen LogP contribution in [0.5, 0.6) is 0 Å².